The Morgan fingerprint density at radius 3 is 2.76 bits per heavy atom. The first-order valence-electron chi connectivity index (χ1n) is 5.80. The van der Waals surface area contributed by atoms with Gasteiger partial charge in [0.15, 0.2) is 0 Å². The van der Waals surface area contributed by atoms with Crippen LogP contribution in [0.2, 0.25) is 0 Å². The highest BCUT2D eigenvalue weighted by molar-refractivity contribution is 5.28. The quantitative estimate of drug-likeness (QED) is 0.873. The van der Waals surface area contributed by atoms with Crippen molar-refractivity contribution in [2.24, 2.45) is 7.05 Å². The van der Waals surface area contributed by atoms with Crippen molar-refractivity contribution in [3.8, 4) is 0 Å². The van der Waals surface area contributed by atoms with Gasteiger partial charge in [-0.2, -0.15) is 5.10 Å². The third-order valence-electron chi connectivity index (χ3n) is 3.03. The third kappa shape index (κ3) is 2.71. The summed E-state index contributed by atoms with van der Waals surface area (Å²) >= 11 is 0. The molecule has 0 aliphatic heterocycles. The smallest absolute Gasteiger partial charge is 0.140 e. The highest BCUT2D eigenvalue weighted by Crippen LogP contribution is 2.16. The van der Waals surface area contributed by atoms with E-state index in [0.717, 1.165) is 12.4 Å². The van der Waals surface area contributed by atoms with Gasteiger partial charge < -0.3 is 5.32 Å². The van der Waals surface area contributed by atoms with Crippen LogP contribution in [-0.2, 0) is 13.6 Å². The Morgan fingerprint density at radius 2 is 2.12 bits per heavy atom. The van der Waals surface area contributed by atoms with E-state index in [0.29, 0.717) is 6.04 Å². The molecule has 17 heavy (non-hydrogen) atoms. The average molecular weight is 230 g/mol. The molecule has 0 unspecified atom stereocenters. The maximum atomic E-state index is 4.19. The first-order chi connectivity index (χ1) is 8.18. The Labute approximate surface area is 102 Å². The molecule has 0 spiro atoms. The van der Waals surface area contributed by atoms with E-state index in [1.54, 1.807) is 11.0 Å². The lowest BCUT2D eigenvalue weighted by atomic mass is 10.0. The molecular formula is C13H18N4. The van der Waals surface area contributed by atoms with Crippen LogP contribution in [0.25, 0.3) is 0 Å². The summed E-state index contributed by atoms with van der Waals surface area (Å²) in [5.74, 6) is 0.949. The largest absolute Gasteiger partial charge is 0.303 e. The minimum atomic E-state index is 0.313. The van der Waals surface area contributed by atoms with Crippen molar-refractivity contribution >= 4 is 0 Å². The van der Waals surface area contributed by atoms with Crippen LogP contribution in [0.15, 0.2) is 30.6 Å². The molecular weight excluding hydrogens is 212 g/mol. The predicted molar refractivity (Wildman–Crippen MR) is 67.4 cm³/mol. The van der Waals surface area contributed by atoms with Gasteiger partial charge in [-0.1, -0.05) is 24.3 Å². The molecule has 0 aliphatic rings. The minimum Gasteiger partial charge on any atom is -0.303 e. The number of rotatable bonds is 4. The van der Waals surface area contributed by atoms with Crippen molar-refractivity contribution in [3.05, 3.63) is 47.5 Å². The number of nitrogens with zero attached hydrogens (tertiary/aromatic N) is 3. The van der Waals surface area contributed by atoms with Crippen LogP contribution in [0.4, 0.5) is 0 Å². The lowest BCUT2D eigenvalue weighted by Crippen LogP contribution is -2.21. The first-order valence-corrected chi connectivity index (χ1v) is 5.80. The zero-order chi connectivity index (χ0) is 12.3. The van der Waals surface area contributed by atoms with Crippen molar-refractivity contribution < 1.29 is 0 Å². The molecule has 0 saturated carbocycles. The normalized spacial score (nSPS) is 12.6. The SMILES string of the molecule is Cc1ccccc1[C@H](C)NCc1ncnn1C. The fraction of sp³-hybridized carbons (Fsp3) is 0.385. The zero-order valence-electron chi connectivity index (χ0n) is 10.5. The average Bonchev–Trinajstić information content (AvgIpc) is 2.72. The van der Waals surface area contributed by atoms with Crippen LogP contribution < -0.4 is 5.32 Å². The highest BCUT2D eigenvalue weighted by Gasteiger charge is 2.08. The van der Waals surface area contributed by atoms with Gasteiger partial charge >= 0.3 is 0 Å². The molecule has 1 heterocycles. The molecule has 1 aromatic heterocycles. The van der Waals surface area contributed by atoms with Crippen molar-refractivity contribution in [1.82, 2.24) is 20.1 Å². The molecule has 4 heteroatoms. The van der Waals surface area contributed by atoms with Crippen LogP contribution in [0.3, 0.4) is 0 Å². The van der Waals surface area contributed by atoms with Gasteiger partial charge in [0, 0.05) is 13.1 Å². The number of aryl methyl sites for hydroxylation is 2. The molecule has 4 nitrogen and oxygen atoms in total. The topological polar surface area (TPSA) is 42.7 Å². The first kappa shape index (κ1) is 11.8. The number of nitrogens with one attached hydrogen (secondary N) is 1. The van der Waals surface area contributed by atoms with Crippen LogP contribution in [-0.4, -0.2) is 14.8 Å². The molecule has 0 saturated heterocycles. The molecule has 2 rings (SSSR count). The van der Waals surface area contributed by atoms with Crippen LogP contribution in [0.5, 0.6) is 0 Å². The van der Waals surface area contributed by atoms with E-state index < -0.39 is 0 Å². The molecule has 2 aromatic rings. The van der Waals surface area contributed by atoms with E-state index in [9.17, 15) is 0 Å². The standard InChI is InChI=1S/C13H18N4/c1-10-6-4-5-7-12(10)11(2)14-8-13-15-9-16-17(13)3/h4-7,9,11,14H,8H2,1-3H3/t11-/m0/s1. The maximum Gasteiger partial charge on any atom is 0.140 e. The molecule has 0 amide bonds. The number of hydrogen-bond acceptors (Lipinski definition) is 3. The monoisotopic (exact) mass is 230 g/mol. The second-order valence-corrected chi connectivity index (χ2v) is 4.26. The Balaban J connectivity index is 2.01. The summed E-state index contributed by atoms with van der Waals surface area (Å²) in [6.45, 7) is 5.03. The fourth-order valence-corrected chi connectivity index (χ4v) is 1.91. The van der Waals surface area contributed by atoms with Crippen molar-refractivity contribution in [3.63, 3.8) is 0 Å². The second kappa shape index (κ2) is 5.10. The fourth-order valence-electron chi connectivity index (χ4n) is 1.91. The molecule has 1 N–H and O–H groups in total. The van der Waals surface area contributed by atoms with Crippen LogP contribution in [0.1, 0.15) is 29.9 Å². The summed E-state index contributed by atoms with van der Waals surface area (Å²) in [4.78, 5) is 4.19. The Morgan fingerprint density at radius 1 is 1.35 bits per heavy atom. The van der Waals surface area contributed by atoms with Gasteiger partial charge in [-0.25, -0.2) is 4.98 Å². The third-order valence-corrected chi connectivity index (χ3v) is 3.03. The van der Waals surface area contributed by atoms with E-state index in [2.05, 4.69) is 53.5 Å². The van der Waals surface area contributed by atoms with Crippen molar-refractivity contribution in [1.29, 1.82) is 0 Å². The lowest BCUT2D eigenvalue weighted by Gasteiger charge is -2.16. The summed E-state index contributed by atoms with van der Waals surface area (Å²) in [5.41, 5.74) is 2.64. The number of aromatic nitrogens is 3. The molecule has 1 atom stereocenters. The Bertz CT molecular complexity index is 490. The van der Waals surface area contributed by atoms with Gasteiger partial charge in [-0.3, -0.25) is 4.68 Å². The Kier molecular flexibility index (Phi) is 3.54. The molecule has 90 valence electrons. The van der Waals surface area contributed by atoms with Gasteiger partial charge in [0.05, 0.1) is 6.54 Å². The van der Waals surface area contributed by atoms with Gasteiger partial charge in [0.1, 0.15) is 12.2 Å². The van der Waals surface area contributed by atoms with Gasteiger partial charge in [-0.05, 0) is 25.0 Å². The van der Waals surface area contributed by atoms with E-state index in [1.165, 1.54) is 11.1 Å². The zero-order valence-corrected chi connectivity index (χ0v) is 10.5. The van der Waals surface area contributed by atoms with Gasteiger partial charge in [-0.15, -0.1) is 0 Å². The maximum absolute atomic E-state index is 4.19. The van der Waals surface area contributed by atoms with E-state index in [4.69, 9.17) is 0 Å². The summed E-state index contributed by atoms with van der Waals surface area (Å²) in [6.07, 6.45) is 1.58. The van der Waals surface area contributed by atoms with E-state index >= 15 is 0 Å². The summed E-state index contributed by atoms with van der Waals surface area (Å²) in [7, 11) is 1.91. The second-order valence-electron chi connectivity index (χ2n) is 4.26. The van der Waals surface area contributed by atoms with E-state index in [-0.39, 0.29) is 0 Å². The Hall–Kier alpha value is -1.68. The van der Waals surface area contributed by atoms with Crippen LogP contribution in [0, 0.1) is 6.92 Å². The number of benzene rings is 1. The summed E-state index contributed by atoms with van der Waals surface area (Å²) < 4.78 is 1.79. The van der Waals surface area contributed by atoms with Gasteiger partial charge in [0.25, 0.3) is 0 Å². The van der Waals surface area contributed by atoms with Crippen LogP contribution >= 0.6 is 0 Å². The summed E-state index contributed by atoms with van der Waals surface area (Å²) in [6, 6.07) is 8.74. The molecule has 0 bridgehead atoms. The predicted octanol–water partition coefficient (Wildman–Crippen LogP) is 1.97. The molecule has 1 aromatic carbocycles. The molecule has 0 radical (unpaired) electrons. The van der Waals surface area contributed by atoms with E-state index in [1.807, 2.05) is 7.05 Å². The summed E-state index contributed by atoms with van der Waals surface area (Å²) in [5, 5.41) is 7.51. The number of hydrogen-bond donors (Lipinski definition) is 1. The van der Waals surface area contributed by atoms with Crippen molar-refractivity contribution in [2.45, 2.75) is 26.4 Å². The van der Waals surface area contributed by atoms with Crippen molar-refractivity contribution in [2.75, 3.05) is 0 Å². The molecule has 0 aliphatic carbocycles. The minimum absolute atomic E-state index is 0.313. The molecule has 0 fully saturated rings. The van der Waals surface area contributed by atoms with Gasteiger partial charge in [0.2, 0.25) is 0 Å². The highest BCUT2D eigenvalue weighted by atomic mass is 15.3. The lowest BCUT2D eigenvalue weighted by molar-refractivity contribution is 0.538.